The molecule has 1 aliphatic carbocycles. The number of anilines is 1. The Bertz CT molecular complexity index is 511. The first-order valence-corrected chi connectivity index (χ1v) is 8.63. The molecule has 0 unspecified atom stereocenters. The summed E-state index contributed by atoms with van der Waals surface area (Å²) in [4.78, 5) is 22.9. The van der Waals surface area contributed by atoms with Crippen LogP contribution < -0.4 is 10.2 Å². The van der Waals surface area contributed by atoms with Crippen LogP contribution in [0.25, 0.3) is 0 Å². The van der Waals surface area contributed by atoms with E-state index in [4.69, 9.17) is 11.6 Å². The summed E-state index contributed by atoms with van der Waals surface area (Å²) in [5, 5.41) is 3.67. The Kier molecular flexibility index (Phi) is 5.13. The molecule has 0 bridgehead atoms. The van der Waals surface area contributed by atoms with E-state index >= 15 is 0 Å². The largest absolute Gasteiger partial charge is 0.355 e. The van der Waals surface area contributed by atoms with E-state index in [-0.39, 0.29) is 17.9 Å². The van der Waals surface area contributed by atoms with Crippen molar-refractivity contribution in [3.63, 3.8) is 0 Å². The van der Waals surface area contributed by atoms with Gasteiger partial charge in [0.25, 0.3) is 0 Å². The summed E-state index contributed by atoms with van der Waals surface area (Å²) in [5.74, 6) is 1.33. The second-order valence-electron chi connectivity index (χ2n) is 6.30. The van der Waals surface area contributed by atoms with Crippen LogP contribution in [0.5, 0.6) is 0 Å². The lowest BCUT2D eigenvalue weighted by Gasteiger charge is -2.34. The van der Waals surface area contributed by atoms with Crippen LogP contribution in [0.1, 0.15) is 44.9 Å². The lowest BCUT2D eigenvalue weighted by Crippen LogP contribution is -2.46. The molecule has 2 heterocycles. The first kappa shape index (κ1) is 15.5. The molecule has 0 spiro atoms. The Hall–Kier alpha value is -1.36. The van der Waals surface area contributed by atoms with E-state index in [0.29, 0.717) is 5.15 Å². The van der Waals surface area contributed by atoms with Crippen LogP contribution in [0.2, 0.25) is 5.15 Å². The monoisotopic (exact) mass is 322 g/mol. The molecule has 0 aromatic carbocycles. The molecule has 1 aliphatic heterocycles. The highest BCUT2D eigenvalue weighted by atomic mass is 35.5. The molecular weight excluding hydrogens is 300 g/mol. The third-order valence-corrected chi connectivity index (χ3v) is 4.92. The van der Waals surface area contributed by atoms with Crippen LogP contribution in [-0.2, 0) is 4.79 Å². The fourth-order valence-electron chi connectivity index (χ4n) is 3.42. The van der Waals surface area contributed by atoms with Crippen molar-refractivity contribution in [2.24, 2.45) is 5.92 Å². The number of aromatic nitrogens is 2. The number of hydrogen-bond acceptors (Lipinski definition) is 4. The van der Waals surface area contributed by atoms with Crippen LogP contribution in [0, 0.1) is 5.92 Å². The van der Waals surface area contributed by atoms with Gasteiger partial charge in [0.15, 0.2) is 0 Å². The lowest BCUT2D eigenvalue weighted by molar-refractivity contribution is -0.126. The second-order valence-corrected chi connectivity index (χ2v) is 6.69. The molecule has 1 saturated carbocycles. The zero-order chi connectivity index (χ0) is 15.4. The highest BCUT2D eigenvalue weighted by Gasteiger charge is 2.26. The molecule has 120 valence electrons. The van der Waals surface area contributed by atoms with E-state index in [2.05, 4.69) is 20.2 Å². The van der Waals surface area contributed by atoms with Crippen LogP contribution in [0.4, 0.5) is 5.82 Å². The molecule has 22 heavy (non-hydrogen) atoms. The Balaban J connectivity index is 1.48. The van der Waals surface area contributed by atoms with Crippen molar-refractivity contribution < 1.29 is 4.79 Å². The Labute approximate surface area is 136 Å². The maximum absolute atomic E-state index is 12.3. The van der Waals surface area contributed by atoms with Crippen molar-refractivity contribution >= 4 is 23.3 Å². The van der Waals surface area contributed by atoms with E-state index in [1.54, 1.807) is 12.4 Å². The number of halogens is 1. The van der Waals surface area contributed by atoms with E-state index in [1.165, 1.54) is 19.3 Å². The minimum absolute atomic E-state index is 0.241. The maximum atomic E-state index is 12.3. The Morgan fingerprint density at radius 2 is 1.86 bits per heavy atom. The molecule has 2 aliphatic rings. The molecule has 5 nitrogen and oxygen atoms in total. The summed E-state index contributed by atoms with van der Waals surface area (Å²) >= 11 is 5.89. The summed E-state index contributed by atoms with van der Waals surface area (Å²) in [6.07, 6.45) is 11.0. The van der Waals surface area contributed by atoms with E-state index in [9.17, 15) is 4.79 Å². The smallest absolute Gasteiger partial charge is 0.223 e. The van der Waals surface area contributed by atoms with Crippen molar-refractivity contribution in [2.45, 2.75) is 51.0 Å². The topological polar surface area (TPSA) is 58.1 Å². The fraction of sp³-hybridized carbons (Fsp3) is 0.688. The van der Waals surface area contributed by atoms with Gasteiger partial charge in [0, 0.05) is 25.0 Å². The van der Waals surface area contributed by atoms with Gasteiger partial charge in [-0.1, -0.05) is 30.9 Å². The van der Waals surface area contributed by atoms with Gasteiger partial charge in [-0.05, 0) is 25.7 Å². The third kappa shape index (κ3) is 3.88. The number of carbonyl (C=O) groups excluding carboxylic acids is 1. The highest BCUT2D eigenvalue weighted by Crippen LogP contribution is 2.24. The first-order chi connectivity index (χ1) is 10.7. The van der Waals surface area contributed by atoms with Crippen LogP contribution in [-0.4, -0.2) is 35.0 Å². The zero-order valence-electron chi connectivity index (χ0n) is 12.8. The van der Waals surface area contributed by atoms with Gasteiger partial charge in [0.2, 0.25) is 5.91 Å². The van der Waals surface area contributed by atoms with E-state index < -0.39 is 0 Å². The average Bonchev–Trinajstić information content (AvgIpc) is 2.56. The number of nitrogens with one attached hydrogen (secondary N) is 1. The minimum atomic E-state index is 0.241. The van der Waals surface area contributed by atoms with Gasteiger partial charge in [-0.25, -0.2) is 4.98 Å². The molecule has 0 radical (unpaired) electrons. The Morgan fingerprint density at radius 3 is 2.55 bits per heavy atom. The average molecular weight is 323 g/mol. The third-order valence-electron chi connectivity index (χ3n) is 4.73. The molecule has 1 amide bonds. The lowest BCUT2D eigenvalue weighted by atomic mass is 9.88. The fourth-order valence-corrected chi connectivity index (χ4v) is 3.56. The maximum Gasteiger partial charge on any atom is 0.223 e. The molecule has 1 aromatic rings. The van der Waals surface area contributed by atoms with Gasteiger partial charge in [-0.2, -0.15) is 0 Å². The normalized spacial score (nSPS) is 20.9. The molecule has 2 fully saturated rings. The molecule has 6 heteroatoms. The van der Waals surface area contributed by atoms with Gasteiger partial charge < -0.3 is 10.2 Å². The summed E-state index contributed by atoms with van der Waals surface area (Å²) in [7, 11) is 0. The predicted octanol–water partition coefficient (Wildman–Crippen LogP) is 2.80. The summed E-state index contributed by atoms with van der Waals surface area (Å²) in [5.41, 5.74) is 0. The zero-order valence-corrected chi connectivity index (χ0v) is 13.6. The van der Waals surface area contributed by atoms with Gasteiger partial charge >= 0.3 is 0 Å². The Morgan fingerprint density at radius 1 is 1.14 bits per heavy atom. The van der Waals surface area contributed by atoms with Crippen molar-refractivity contribution in [3.8, 4) is 0 Å². The van der Waals surface area contributed by atoms with Gasteiger partial charge in [-0.15, -0.1) is 0 Å². The first-order valence-electron chi connectivity index (χ1n) is 8.25. The van der Waals surface area contributed by atoms with Crippen molar-refractivity contribution in [1.82, 2.24) is 15.3 Å². The summed E-state index contributed by atoms with van der Waals surface area (Å²) in [6, 6.07) is 0.290. The SMILES string of the molecule is O=C(NC1CCN(c2cncc(Cl)n2)CC1)C1CCCCC1. The molecule has 1 aromatic heterocycles. The summed E-state index contributed by atoms with van der Waals surface area (Å²) < 4.78 is 0. The number of piperidine rings is 1. The van der Waals surface area contributed by atoms with Crippen LogP contribution >= 0.6 is 11.6 Å². The standard InChI is InChI=1S/C16H23ClN4O/c17-14-10-18-11-15(20-14)21-8-6-13(7-9-21)19-16(22)12-4-2-1-3-5-12/h10-13H,1-9H2,(H,19,22). The number of rotatable bonds is 3. The molecule has 1 saturated heterocycles. The van der Waals surface area contributed by atoms with Crippen molar-refractivity contribution in [1.29, 1.82) is 0 Å². The van der Waals surface area contributed by atoms with Crippen LogP contribution in [0.3, 0.4) is 0 Å². The second kappa shape index (κ2) is 7.27. The predicted molar refractivity (Wildman–Crippen MR) is 87.0 cm³/mol. The van der Waals surface area contributed by atoms with Crippen LogP contribution in [0.15, 0.2) is 12.4 Å². The van der Waals surface area contributed by atoms with Gasteiger partial charge in [0.1, 0.15) is 11.0 Å². The number of carbonyl (C=O) groups is 1. The van der Waals surface area contributed by atoms with E-state index in [1.807, 2.05) is 0 Å². The van der Waals surface area contributed by atoms with Crippen molar-refractivity contribution in [3.05, 3.63) is 17.5 Å². The van der Waals surface area contributed by atoms with Gasteiger partial charge in [-0.3, -0.25) is 9.78 Å². The number of amides is 1. The highest BCUT2D eigenvalue weighted by molar-refractivity contribution is 6.29. The molecule has 3 rings (SSSR count). The molecular formula is C16H23ClN4O. The molecule has 0 atom stereocenters. The van der Waals surface area contributed by atoms with E-state index in [0.717, 1.165) is 44.6 Å². The number of hydrogen-bond donors (Lipinski definition) is 1. The van der Waals surface area contributed by atoms with Gasteiger partial charge in [0.05, 0.1) is 12.4 Å². The quantitative estimate of drug-likeness (QED) is 0.929. The molecule has 1 N–H and O–H groups in total. The summed E-state index contributed by atoms with van der Waals surface area (Å²) in [6.45, 7) is 1.76. The van der Waals surface area contributed by atoms with Crippen molar-refractivity contribution in [2.75, 3.05) is 18.0 Å². The minimum Gasteiger partial charge on any atom is -0.355 e. The number of nitrogens with zero attached hydrogens (tertiary/aromatic N) is 3.